The van der Waals surface area contributed by atoms with E-state index in [9.17, 15) is 13.2 Å². The van der Waals surface area contributed by atoms with E-state index in [0.29, 0.717) is 5.69 Å². The number of amidine groups is 1. The van der Waals surface area contributed by atoms with Crippen molar-refractivity contribution in [1.82, 2.24) is 0 Å². The molecule has 0 fully saturated rings. The van der Waals surface area contributed by atoms with Gasteiger partial charge in [0.1, 0.15) is 5.84 Å². The van der Waals surface area contributed by atoms with Crippen LogP contribution in [0.1, 0.15) is 24.8 Å². The van der Waals surface area contributed by atoms with Crippen LogP contribution in [0, 0.1) is 0 Å². The molecule has 2 rings (SSSR count). The minimum Gasteiger partial charge on any atom is -0.344 e. The number of halogens is 3. The van der Waals surface area contributed by atoms with Crippen molar-refractivity contribution >= 4 is 11.5 Å². The summed E-state index contributed by atoms with van der Waals surface area (Å²) >= 11 is 0. The highest BCUT2D eigenvalue weighted by molar-refractivity contribution is 5.95. The van der Waals surface area contributed by atoms with Gasteiger partial charge in [0.25, 0.3) is 0 Å². The number of rotatable bonds is 1. The number of aliphatic imine (C=N–C) groups is 1. The van der Waals surface area contributed by atoms with Gasteiger partial charge < -0.3 is 5.32 Å². The van der Waals surface area contributed by atoms with Crippen molar-refractivity contribution in [3.05, 3.63) is 29.8 Å². The summed E-state index contributed by atoms with van der Waals surface area (Å²) in [5, 5.41) is 2.94. The molecule has 5 heteroatoms. The molecule has 0 spiro atoms. The molecule has 1 heterocycles. The summed E-state index contributed by atoms with van der Waals surface area (Å²) in [7, 11) is 0. The van der Waals surface area contributed by atoms with Gasteiger partial charge in [-0.15, -0.1) is 0 Å². The minimum absolute atomic E-state index is 0.445. The molecule has 1 N–H and O–H groups in total. The molecule has 0 aliphatic carbocycles. The van der Waals surface area contributed by atoms with Gasteiger partial charge in [-0.2, -0.15) is 13.2 Å². The van der Waals surface area contributed by atoms with Crippen molar-refractivity contribution in [2.45, 2.75) is 25.4 Å². The van der Waals surface area contributed by atoms with Crippen molar-refractivity contribution in [3.8, 4) is 0 Å². The first kappa shape index (κ1) is 12.0. The van der Waals surface area contributed by atoms with Crippen LogP contribution < -0.4 is 5.32 Å². The topological polar surface area (TPSA) is 24.4 Å². The summed E-state index contributed by atoms with van der Waals surface area (Å²) in [5.74, 6) is 0.774. The molecule has 0 atom stereocenters. The van der Waals surface area contributed by atoms with E-state index in [1.54, 1.807) is 6.07 Å². The molecule has 0 unspecified atom stereocenters. The van der Waals surface area contributed by atoms with Crippen LogP contribution in [0.5, 0.6) is 0 Å². The lowest BCUT2D eigenvalue weighted by Crippen LogP contribution is -2.16. The fraction of sp³-hybridized carbons (Fsp3) is 0.417. The van der Waals surface area contributed by atoms with Gasteiger partial charge >= 0.3 is 6.18 Å². The Hall–Kier alpha value is -1.52. The molecular formula is C12H13F3N2. The molecule has 92 valence electrons. The smallest absolute Gasteiger partial charge is 0.344 e. The molecule has 0 amide bonds. The maximum absolute atomic E-state index is 12.5. The van der Waals surface area contributed by atoms with Crippen molar-refractivity contribution < 1.29 is 13.2 Å². The average molecular weight is 242 g/mol. The van der Waals surface area contributed by atoms with E-state index in [0.717, 1.165) is 43.8 Å². The fourth-order valence-electron chi connectivity index (χ4n) is 1.74. The van der Waals surface area contributed by atoms with E-state index in [1.165, 1.54) is 6.07 Å². The van der Waals surface area contributed by atoms with Crippen molar-refractivity contribution in [2.24, 2.45) is 4.99 Å². The number of benzene rings is 1. The van der Waals surface area contributed by atoms with E-state index < -0.39 is 11.7 Å². The van der Waals surface area contributed by atoms with Gasteiger partial charge in [0.2, 0.25) is 0 Å². The van der Waals surface area contributed by atoms with Crippen molar-refractivity contribution in [3.63, 3.8) is 0 Å². The Bertz CT molecular complexity index is 424. The van der Waals surface area contributed by atoms with E-state index in [-0.39, 0.29) is 0 Å². The highest BCUT2D eigenvalue weighted by atomic mass is 19.4. The highest BCUT2D eigenvalue weighted by Crippen LogP contribution is 2.30. The standard InChI is InChI=1S/C12H13F3N2/c13-12(14,15)9-4-3-5-10(8-9)17-11-6-1-2-7-16-11/h3-5,8H,1-2,6-7H2,(H,16,17). The lowest BCUT2D eigenvalue weighted by molar-refractivity contribution is -0.137. The monoisotopic (exact) mass is 242 g/mol. The Labute approximate surface area is 97.6 Å². The van der Waals surface area contributed by atoms with Crippen molar-refractivity contribution in [2.75, 3.05) is 11.9 Å². The lowest BCUT2D eigenvalue weighted by Gasteiger charge is -2.15. The van der Waals surface area contributed by atoms with Crippen LogP contribution in [0.3, 0.4) is 0 Å². The summed E-state index contributed by atoms with van der Waals surface area (Å²) in [6.07, 6.45) is -1.42. The second kappa shape index (κ2) is 4.77. The van der Waals surface area contributed by atoms with Crippen LogP contribution in [0.25, 0.3) is 0 Å². The zero-order chi connectivity index (χ0) is 12.3. The number of hydrogen-bond donors (Lipinski definition) is 1. The first-order chi connectivity index (χ1) is 8.05. The summed E-state index contributed by atoms with van der Waals surface area (Å²) in [6.45, 7) is 0.751. The summed E-state index contributed by atoms with van der Waals surface area (Å²) in [5.41, 5.74) is -0.195. The summed E-state index contributed by atoms with van der Waals surface area (Å²) in [4.78, 5) is 4.24. The van der Waals surface area contributed by atoms with Gasteiger partial charge in [-0.05, 0) is 31.0 Å². The van der Waals surface area contributed by atoms with Crippen LogP contribution in [0.2, 0.25) is 0 Å². The van der Waals surface area contributed by atoms with Crippen LogP contribution in [0.4, 0.5) is 18.9 Å². The molecule has 0 aromatic heterocycles. The Morgan fingerprint density at radius 3 is 2.65 bits per heavy atom. The van der Waals surface area contributed by atoms with Crippen LogP contribution in [-0.4, -0.2) is 12.4 Å². The molecule has 0 saturated carbocycles. The van der Waals surface area contributed by atoms with Crippen molar-refractivity contribution in [1.29, 1.82) is 0 Å². The average Bonchev–Trinajstić information content (AvgIpc) is 2.29. The second-order valence-corrected chi connectivity index (χ2v) is 3.99. The number of anilines is 1. The molecule has 0 bridgehead atoms. The van der Waals surface area contributed by atoms with E-state index in [4.69, 9.17) is 0 Å². The summed E-state index contributed by atoms with van der Waals surface area (Å²) in [6, 6.07) is 5.19. The molecule has 2 nitrogen and oxygen atoms in total. The summed E-state index contributed by atoms with van der Waals surface area (Å²) < 4.78 is 37.5. The minimum atomic E-state index is -4.30. The Balaban J connectivity index is 2.14. The number of nitrogens with one attached hydrogen (secondary N) is 1. The predicted molar refractivity (Wildman–Crippen MR) is 61.2 cm³/mol. The third-order valence-corrected chi connectivity index (χ3v) is 2.60. The number of nitrogens with zero attached hydrogens (tertiary/aromatic N) is 1. The van der Waals surface area contributed by atoms with Crippen LogP contribution in [0.15, 0.2) is 29.3 Å². The normalized spacial score (nSPS) is 16.5. The maximum atomic E-state index is 12.5. The van der Waals surface area contributed by atoms with E-state index in [2.05, 4.69) is 10.3 Å². The molecule has 0 saturated heterocycles. The molecule has 17 heavy (non-hydrogen) atoms. The van der Waals surface area contributed by atoms with Gasteiger partial charge in [-0.3, -0.25) is 4.99 Å². The molecular weight excluding hydrogens is 229 g/mol. The van der Waals surface area contributed by atoms with E-state index in [1.807, 2.05) is 0 Å². The van der Waals surface area contributed by atoms with Gasteiger partial charge in [0.15, 0.2) is 0 Å². The van der Waals surface area contributed by atoms with Gasteiger partial charge in [0, 0.05) is 18.7 Å². The van der Waals surface area contributed by atoms with Gasteiger partial charge in [-0.1, -0.05) is 6.07 Å². The van der Waals surface area contributed by atoms with Crippen LogP contribution in [-0.2, 0) is 6.18 Å². The third-order valence-electron chi connectivity index (χ3n) is 2.60. The highest BCUT2D eigenvalue weighted by Gasteiger charge is 2.30. The SMILES string of the molecule is FC(F)(F)c1cccc(NC2=NCCCC2)c1. The maximum Gasteiger partial charge on any atom is 0.416 e. The first-order valence-electron chi connectivity index (χ1n) is 5.53. The van der Waals surface area contributed by atoms with Crippen LogP contribution >= 0.6 is 0 Å². The van der Waals surface area contributed by atoms with E-state index >= 15 is 0 Å². The van der Waals surface area contributed by atoms with Gasteiger partial charge in [0.05, 0.1) is 5.56 Å². The quantitative estimate of drug-likeness (QED) is 0.797. The fourth-order valence-corrected chi connectivity index (χ4v) is 1.74. The number of hydrogen-bond acceptors (Lipinski definition) is 2. The Morgan fingerprint density at radius 1 is 1.18 bits per heavy atom. The molecule has 1 aromatic rings. The zero-order valence-corrected chi connectivity index (χ0v) is 9.22. The largest absolute Gasteiger partial charge is 0.416 e. The Kier molecular flexibility index (Phi) is 3.36. The molecule has 0 radical (unpaired) electrons. The zero-order valence-electron chi connectivity index (χ0n) is 9.22. The molecule has 1 aromatic carbocycles. The first-order valence-corrected chi connectivity index (χ1v) is 5.53. The third kappa shape index (κ3) is 3.22. The molecule has 1 aliphatic rings. The Morgan fingerprint density at radius 2 is 2.00 bits per heavy atom. The molecule has 1 aliphatic heterocycles. The van der Waals surface area contributed by atoms with Gasteiger partial charge in [-0.25, -0.2) is 0 Å². The lowest BCUT2D eigenvalue weighted by atomic mass is 10.1. The second-order valence-electron chi connectivity index (χ2n) is 3.99. The predicted octanol–water partition coefficient (Wildman–Crippen LogP) is 3.70. The number of alkyl halides is 3.